The highest BCUT2D eigenvalue weighted by atomic mass is 32.2. The first-order chi connectivity index (χ1) is 13.4. The van der Waals surface area contributed by atoms with Crippen LogP contribution in [-0.4, -0.2) is 47.6 Å². The molecule has 0 radical (unpaired) electrons. The smallest absolute Gasteiger partial charge is 0.325 e. The molecule has 0 aromatic heterocycles. The lowest BCUT2D eigenvalue weighted by atomic mass is 10.2. The number of sulfonamides is 1. The maximum absolute atomic E-state index is 13.2. The van der Waals surface area contributed by atoms with Crippen molar-refractivity contribution >= 4 is 27.6 Å². The number of benzene rings is 2. The number of anilines is 1. The van der Waals surface area contributed by atoms with Gasteiger partial charge in [-0.3, -0.25) is 13.9 Å². The number of esters is 1. The molecule has 28 heavy (non-hydrogen) atoms. The molecule has 0 fully saturated rings. The number of hydrogen-bond acceptors (Lipinski definition) is 6. The van der Waals surface area contributed by atoms with E-state index >= 15 is 0 Å². The number of nitrogens with one attached hydrogen (secondary N) is 1. The molecule has 0 atom stereocenters. The molecule has 8 nitrogen and oxygen atoms in total. The first kappa shape index (κ1) is 19.7. The van der Waals surface area contributed by atoms with Crippen molar-refractivity contribution in [3.05, 3.63) is 53.6 Å². The van der Waals surface area contributed by atoms with Crippen molar-refractivity contribution in [2.24, 2.45) is 0 Å². The normalized spacial score (nSPS) is 13.0. The average molecular weight is 404 g/mol. The summed E-state index contributed by atoms with van der Waals surface area (Å²) in [6, 6.07) is 11.4. The standard InChI is InChI=1S/C19H20N2O6S/c1-26-17-8-7-14(11-15(17)19(23)20-12-18(22)27-2)28(24,25)21-10-9-13-5-3-4-6-16(13)21/h3-8,11H,9-10,12H2,1-2H3,(H,20,23). The Hall–Kier alpha value is -3.07. The molecule has 1 heterocycles. The van der Waals surface area contributed by atoms with Crippen molar-refractivity contribution in [3.63, 3.8) is 0 Å². The topological polar surface area (TPSA) is 102 Å². The summed E-state index contributed by atoms with van der Waals surface area (Å²) in [4.78, 5) is 23.7. The first-order valence-electron chi connectivity index (χ1n) is 8.52. The minimum atomic E-state index is -3.86. The molecule has 0 bridgehead atoms. The number of ether oxygens (including phenoxy) is 2. The molecule has 0 saturated heterocycles. The molecule has 9 heteroatoms. The highest BCUT2D eigenvalue weighted by Gasteiger charge is 2.31. The Balaban J connectivity index is 1.94. The van der Waals surface area contributed by atoms with Gasteiger partial charge in [-0.1, -0.05) is 18.2 Å². The van der Waals surface area contributed by atoms with Gasteiger partial charge < -0.3 is 14.8 Å². The van der Waals surface area contributed by atoms with Crippen LogP contribution in [0.5, 0.6) is 5.75 Å². The van der Waals surface area contributed by atoms with Gasteiger partial charge in [-0.15, -0.1) is 0 Å². The quantitative estimate of drug-likeness (QED) is 0.729. The van der Waals surface area contributed by atoms with Crippen molar-refractivity contribution in [1.82, 2.24) is 5.32 Å². The Bertz CT molecular complexity index is 1020. The molecule has 1 aliphatic heterocycles. The number of hydrogen-bond donors (Lipinski definition) is 1. The van der Waals surface area contributed by atoms with Crippen molar-refractivity contribution in [1.29, 1.82) is 0 Å². The first-order valence-corrected chi connectivity index (χ1v) is 9.96. The van der Waals surface area contributed by atoms with E-state index in [4.69, 9.17) is 4.74 Å². The zero-order valence-corrected chi connectivity index (χ0v) is 16.3. The minimum Gasteiger partial charge on any atom is -0.496 e. The fourth-order valence-electron chi connectivity index (χ4n) is 3.03. The summed E-state index contributed by atoms with van der Waals surface area (Å²) in [6.07, 6.45) is 0.623. The molecule has 1 aliphatic rings. The third-order valence-corrected chi connectivity index (χ3v) is 6.28. The highest BCUT2D eigenvalue weighted by Crippen LogP contribution is 2.33. The van der Waals surface area contributed by atoms with E-state index in [1.54, 1.807) is 12.1 Å². The molecule has 0 aliphatic carbocycles. The maximum atomic E-state index is 13.2. The number of para-hydroxylation sites is 1. The number of fused-ring (bicyclic) bond motifs is 1. The zero-order valence-electron chi connectivity index (χ0n) is 15.5. The second kappa shape index (κ2) is 7.89. The van der Waals surface area contributed by atoms with Gasteiger partial charge >= 0.3 is 5.97 Å². The number of nitrogens with zero attached hydrogens (tertiary/aromatic N) is 1. The molecule has 3 rings (SSSR count). The van der Waals surface area contributed by atoms with Gasteiger partial charge in [-0.05, 0) is 36.2 Å². The minimum absolute atomic E-state index is 0.0139. The van der Waals surface area contributed by atoms with Crippen LogP contribution in [0.3, 0.4) is 0 Å². The van der Waals surface area contributed by atoms with Crippen LogP contribution in [0.4, 0.5) is 5.69 Å². The fraction of sp³-hybridized carbons (Fsp3) is 0.263. The van der Waals surface area contributed by atoms with Crippen LogP contribution in [0.25, 0.3) is 0 Å². The molecule has 148 valence electrons. The third kappa shape index (κ3) is 3.65. The van der Waals surface area contributed by atoms with E-state index in [9.17, 15) is 18.0 Å². The van der Waals surface area contributed by atoms with Crippen LogP contribution in [-0.2, 0) is 26.0 Å². The van der Waals surface area contributed by atoms with E-state index in [1.165, 1.54) is 36.7 Å². The van der Waals surface area contributed by atoms with E-state index in [-0.39, 0.29) is 22.8 Å². The molecule has 1 N–H and O–H groups in total. The predicted octanol–water partition coefficient (Wildman–Crippen LogP) is 1.35. The predicted molar refractivity (Wildman–Crippen MR) is 102 cm³/mol. The van der Waals surface area contributed by atoms with E-state index in [0.717, 1.165) is 5.56 Å². The summed E-state index contributed by atoms with van der Waals surface area (Å²) < 4.78 is 37.3. The molecule has 2 aromatic rings. The monoisotopic (exact) mass is 404 g/mol. The lowest BCUT2D eigenvalue weighted by Gasteiger charge is -2.20. The molecule has 0 unspecified atom stereocenters. The molecule has 1 amide bonds. The maximum Gasteiger partial charge on any atom is 0.325 e. The third-order valence-electron chi connectivity index (χ3n) is 4.47. The molecule has 2 aromatic carbocycles. The van der Waals surface area contributed by atoms with Gasteiger partial charge in [0.05, 0.1) is 30.4 Å². The molecular formula is C19H20N2O6S. The van der Waals surface area contributed by atoms with Crippen LogP contribution in [0.15, 0.2) is 47.4 Å². The lowest BCUT2D eigenvalue weighted by Crippen LogP contribution is -2.31. The van der Waals surface area contributed by atoms with Crippen molar-refractivity contribution in [2.45, 2.75) is 11.3 Å². The Kier molecular flexibility index (Phi) is 5.55. The average Bonchev–Trinajstić information content (AvgIpc) is 3.16. The zero-order chi connectivity index (χ0) is 20.3. The second-order valence-electron chi connectivity index (χ2n) is 6.08. The van der Waals surface area contributed by atoms with E-state index in [2.05, 4.69) is 10.1 Å². The van der Waals surface area contributed by atoms with Gasteiger partial charge in [0.1, 0.15) is 12.3 Å². The van der Waals surface area contributed by atoms with Crippen LogP contribution in [0.2, 0.25) is 0 Å². The summed E-state index contributed by atoms with van der Waals surface area (Å²) in [6.45, 7) is -0.00740. The summed E-state index contributed by atoms with van der Waals surface area (Å²) >= 11 is 0. The Morgan fingerprint density at radius 3 is 2.61 bits per heavy atom. The number of amides is 1. The SMILES string of the molecule is COC(=O)CNC(=O)c1cc(S(=O)(=O)N2CCc3ccccc32)ccc1OC. The van der Waals surface area contributed by atoms with Gasteiger partial charge in [0, 0.05) is 6.54 Å². The number of rotatable bonds is 6. The van der Waals surface area contributed by atoms with Crippen LogP contribution in [0.1, 0.15) is 15.9 Å². The van der Waals surface area contributed by atoms with E-state index in [1.807, 2.05) is 12.1 Å². The van der Waals surface area contributed by atoms with Crippen LogP contribution >= 0.6 is 0 Å². The van der Waals surface area contributed by atoms with Crippen molar-refractivity contribution in [2.75, 3.05) is 31.6 Å². The highest BCUT2D eigenvalue weighted by molar-refractivity contribution is 7.92. The van der Waals surface area contributed by atoms with Crippen LogP contribution < -0.4 is 14.4 Å². The second-order valence-corrected chi connectivity index (χ2v) is 7.94. The summed E-state index contributed by atoms with van der Waals surface area (Å²) in [5.74, 6) is -1.06. The van der Waals surface area contributed by atoms with E-state index < -0.39 is 21.9 Å². The van der Waals surface area contributed by atoms with Gasteiger partial charge in [0.2, 0.25) is 0 Å². The van der Waals surface area contributed by atoms with Gasteiger partial charge in [0.15, 0.2) is 0 Å². The van der Waals surface area contributed by atoms with Gasteiger partial charge in [-0.25, -0.2) is 8.42 Å². The van der Waals surface area contributed by atoms with E-state index in [0.29, 0.717) is 18.7 Å². The van der Waals surface area contributed by atoms with Crippen molar-refractivity contribution in [3.8, 4) is 5.75 Å². The Morgan fingerprint density at radius 1 is 1.14 bits per heavy atom. The lowest BCUT2D eigenvalue weighted by molar-refractivity contribution is -0.139. The molecule has 0 spiro atoms. The largest absolute Gasteiger partial charge is 0.496 e. The molecule has 0 saturated carbocycles. The van der Waals surface area contributed by atoms with Crippen molar-refractivity contribution < 1.29 is 27.5 Å². The number of carbonyl (C=O) groups is 2. The molecular weight excluding hydrogens is 384 g/mol. The Morgan fingerprint density at radius 2 is 1.89 bits per heavy atom. The summed E-state index contributed by atoms with van der Waals surface area (Å²) in [7, 11) is -1.29. The van der Waals surface area contributed by atoms with Gasteiger partial charge in [-0.2, -0.15) is 0 Å². The number of methoxy groups -OCH3 is 2. The summed E-state index contributed by atoms with van der Waals surface area (Å²) in [5, 5.41) is 2.39. The Labute approximate surface area is 163 Å². The fourth-order valence-corrected chi connectivity index (χ4v) is 4.56. The van der Waals surface area contributed by atoms with Crippen LogP contribution in [0, 0.1) is 0 Å². The summed E-state index contributed by atoms with van der Waals surface area (Å²) in [5.41, 5.74) is 1.60. The number of carbonyl (C=O) groups excluding carboxylic acids is 2. The van der Waals surface area contributed by atoms with Gasteiger partial charge in [0.25, 0.3) is 15.9 Å².